The summed E-state index contributed by atoms with van der Waals surface area (Å²) >= 11 is 0. The average molecular weight is 317 g/mol. The fourth-order valence-electron chi connectivity index (χ4n) is 3.57. The molecule has 0 aliphatic carbocycles. The molecule has 2 fully saturated rings. The van der Waals surface area contributed by atoms with Gasteiger partial charge in [0.1, 0.15) is 5.82 Å². The molecule has 1 aromatic rings. The first-order valence-corrected chi connectivity index (χ1v) is 8.78. The van der Waals surface area contributed by atoms with E-state index in [1.807, 2.05) is 11.8 Å². The van der Waals surface area contributed by atoms with E-state index in [-0.39, 0.29) is 0 Å². The lowest BCUT2D eigenvalue weighted by atomic mass is 10.0. The summed E-state index contributed by atoms with van der Waals surface area (Å²) in [7, 11) is 0. The SMILES string of the molecule is CCC1CCCCN1c1nc(C)cc(N2CCN(C=O)CC2)n1. The predicted octanol–water partition coefficient (Wildman–Crippen LogP) is 1.83. The molecule has 1 amide bonds. The Bertz CT molecular complexity index is 542. The van der Waals surface area contributed by atoms with Gasteiger partial charge >= 0.3 is 0 Å². The molecule has 1 unspecified atom stereocenters. The highest BCUT2D eigenvalue weighted by Gasteiger charge is 2.25. The number of aryl methyl sites for hydroxylation is 1. The number of rotatable bonds is 4. The Labute approximate surface area is 138 Å². The van der Waals surface area contributed by atoms with Crippen LogP contribution in [0.15, 0.2) is 6.07 Å². The van der Waals surface area contributed by atoms with Crippen LogP contribution in [-0.2, 0) is 4.79 Å². The van der Waals surface area contributed by atoms with E-state index < -0.39 is 0 Å². The minimum atomic E-state index is 0.560. The molecule has 0 radical (unpaired) electrons. The number of carbonyl (C=O) groups excluding carboxylic acids is 1. The molecule has 6 nitrogen and oxygen atoms in total. The Balaban J connectivity index is 1.80. The highest BCUT2D eigenvalue weighted by molar-refractivity contribution is 5.50. The number of hydrogen-bond acceptors (Lipinski definition) is 5. The third kappa shape index (κ3) is 3.57. The van der Waals surface area contributed by atoms with Gasteiger partial charge in [-0.1, -0.05) is 6.92 Å². The zero-order chi connectivity index (χ0) is 16.2. The lowest BCUT2D eigenvalue weighted by molar-refractivity contribution is -0.118. The van der Waals surface area contributed by atoms with E-state index in [9.17, 15) is 4.79 Å². The largest absolute Gasteiger partial charge is 0.353 e. The van der Waals surface area contributed by atoms with Gasteiger partial charge in [-0.15, -0.1) is 0 Å². The maximum atomic E-state index is 10.9. The second kappa shape index (κ2) is 7.15. The fourth-order valence-corrected chi connectivity index (χ4v) is 3.57. The lowest BCUT2D eigenvalue weighted by Crippen LogP contribution is -2.46. The molecule has 0 bridgehead atoms. The Kier molecular flexibility index (Phi) is 4.98. The predicted molar refractivity (Wildman–Crippen MR) is 91.9 cm³/mol. The van der Waals surface area contributed by atoms with Crippen LogP contribution in [0.5, 0.6) is 0 Å². The number of carbonyl (C=O) groups is 1. The number of aromatic nitrogens is 2. The van der Waals surface area contributed by atoms with Crippen LogP contribution < -0.4 is 9.80 Å². The smallest absolute Gasteiger partial charge is 0.227 e. The van der Waals surface area contributed by atoms with E-state index in [0.29, 0.717) is 6.04 Å². The van der Waals surface area contributed by atoms with Gasteiger partial charge in [0.2, 0.25) is 12.4 Å². The molecule has 23 heavy (non-hydrogen) atoms. The zero-order valence-corrected chi connectivity index (χ0v) is 14.2. The van der Waals surface area contributed by atoms with E-state index in [0.717, 1.165) is 63.0 Å². The third-order valence-corrected chi connectivity index (χ3v) is 4.97. The van der Waals surface area contributed by atoms with Gasteiger partial charge in [0.05, 0.1) is 0 Å². The standard InChI is InChI=1S/C17H27N5O/c1-3-15-6-4-5-7-22(15)17-18-14(2)12-16(19-17)21-10-8-20(13-23)9-11-21/h12-13,15H,3-11H2,1-2H3. The summed E-state index contributed by atoms with van der Waals surface area (Å²) in [6.45, 7) is 8.56. The molecular weight excluding hydrogens is 290 g/mol. The lowest BCUT2D eigenvalue weighted by Gasteiger charge is -2.37. The van der Waals surface area contributed by atoms with Crippen molar-refractivity contribution in [1.82, 2.24) is 14.9 Å². The van der Waals surface area contributed by atoms with Crippen molar-refractivity contribution in [2.24, 2.45) is 0 Å². The van der Waals surface area contributed by atoms with E-state index in [4.69, 9.17) is 9.97 Å². The van der Waals surface area contributed by atoms with Gasteiger partial charge in [-0.05, 0) is 32.6 Å². The summed E-state index contributed by atoms with van der Waals surface area (Å²) in [5.41, 5.74) is 1.02. The van der Waals surface area contributed by atoms with Crippen molar-refractivity contribution >= 4 is 18.2 Å². The van der Waals surface area contributed by atoms with Crippen molar-refractivity contribution in [1.29, 1.82) is 0 Å². The topological polar surface area (TPSA) is 52.6 Å². The van der Waals surface area contributed by atoms with Crippen LogP contribution in [0, 0.1) is 6.92 Å². The van der Waals surface area contributed by atoms with E-state index >= 15 is 0 Å². The highest BCUT2D eigenvalue weighted by atomic mass is 16.1. The molecule has 126 valence electrons. The second-order valence-corrected chi connectivity index (χ2v) is 6.55. The van der Waals surface area contributed by atoms with Crippen LogP contribution >= 0.6 is 0 Å². The maximum absolute atomic E-state index is 10.9. The molecule has 3 rings (SSSR count). The molecule has 3 heterocycles. The minimum absolute atomic E-state index is 0.560. The number of piperazine rings is 1. The van der Waals surface area contributed by atoms with Crippen molar-refractivity contribution in [3.63, 3.8) is 0 Å². The van der Waals surface area contributed by atoms with Crippen LogP contribution in [0.3, 0.4) is 0 Å². The number of hydrogen-bond donors (Lipinski definition) is 0. The van der Waals surface area contributed by atoms with Crippen LogP contribution in [0.4, 0.5) is 11.8 Å². The van der Waals surface area contributed by atoms with Gasteiger partial charge in [-0.3, -0.25) is 4.79 Å². The summed E-state index contributed by atoms with van der Waals surface area (Å²) in [6, 6.07) is 2.62. The monoisotopic (exact) mass is 317 g/mol. The molecule has 0 aromatic carbocycles. The van der Waals surface area contributed by atoms with Crippen molar-refractivity contribution in [2.75, 3.05) is 42.5 Å². The van der Waals surface area contributed by atoms with Crippen molar-refractivity contribution < 1.29 is 4.79 Å². The van der Waals surface area contributed by atoms with Gasteiger partial charge < -0.3 is 14.7 Å². The van der Waals surface area contributed by atoms with E-state index in [1.54, 1.807) is 0 Å². The molecule has 6 heteroatoms. The molecule has 0 saturated carbocycles. The number of amides is 1. The first kappa shape index (κ1) is 16.0. The van der Waals surface area contributed by atoms with Gasteiger partial charge in [0, 0.05) is 50.5 Å². The first-order chi connectivity index (χ1) is 11.2. The first-order valence-electron chi connectivity index (χ1n) is 8.78. The van der Waals surface area contributed by atoms with E-state index in [2.05, 4.69) is 22.8 Å². The van der Waals surface area contributed by atoms with E-state index in [1.165, 1.54) is 19.3 Å². The van der Waals surface area contributed by atoms with Crippen LogP contribution in [0.25, 0.3) is 0 Å². The summed E-state index contributed by atoms with van der Waals surface area (Å²) < 4.78 is 0. The fraction of sp³-hybridized carbons (Fsp3) is 0.706. The van der Waals surface area contributed by atoms with Crippen molar-refractivity contribution in [3.05, 3.63) is 11.8 Å². The Hall–Kier alpha value is -1.85. The van der Waals surface area contributed by atoms with Gasteiger partial charge in [0.15, 0.2) is 0 Å². The van der Waals surface area contributed by atoms with Gasteiger partial charge in [0.25, 0.3) is 0 Å². The van der Waals surface area contributed by atoms with Crippen LogP contribution in [-0.4, -0.2) is 60.0 Å². The van der Waals surface area contributed by atoms with Crippen LogP contribution in [0.1, 0.15) is 38.3 Å². The Morgan fingerprint density at radius 2 is 1.96 bits per heavy atom. The molecular formula is C17H27N5O. The molecule has 0 N–H and O–H groups in total. The minimum Gasteiger partial charge on any atom is -0.353 e. The second-order valence-electron chi connectivity index (χ2n) is 6.55. The highest BCUT2D eigenvalue weighted by Crippen LogP contribution is 2.26. The Morgan fingerprint density at radius 1 is 1.17 bits per heavy atom. The van der Waals surface area contributed by atoms with Crippen molar-refractivity contribution in [3.8, 4) is 0 Å². The van der Waals surface area contributed by atoms with Gasteiger partial charge in [-0.25, -0.2) is 4.98 Å². The summed E-state index contributed by atoms with van der Waals surface area (Å²) in [6.07, 6.45) is 5.85. The molecule has 2 aliphatic heterocycles. The quantitative estimate of drug-likeness (QED) is 0.793. The summed E-state index contributed by atoms with van der Waals surface area (Å²) in [5.74, 6) is 1.88. The molecule has 1 aromatic heterocycles. The van der Waals surface area contributed by atoms with Gasteiger partial charge in [-0.2, -0.15) is 4.98 Å². The number of nitrogens with zero attached hydrogens (tertiary/aromatic N) is 5. The summed E-state index contributed by atoms with van der Waals surface area (Å²) in [5, 5.41) is 0. The van der Waals surface area contributed by atoms with Crippen molar-refractivity contribution in [2.45, 2.75) is 45.6 Å². The molecule has 2 aliphatic rings. The molecule has 0 spiro atoms. The molecule has 2 saturated heterocycles. The number of piperidine rings is 1. The molecule has 1 atom stereocenters. The average Bonchev–Trinajstić information content (AvgIpc) is 2.61. The number of anilines is 2. The zero-order valence-electron chi connectivity index (χ0n) is 14.2. The maximum Gasteiger partial charge on any atom is 0.227 e. The summed E-state index contributed by atoms with van der Waals surface area (Å²) in [4.78, 5) is 26.9. The van der Waals surface area contributed by atoms with Crippen LogP contribution in [0.2, 0.25) is 0 Å². The normalized spacial score (nSPS) is 22.3. The third-order valence-electron chi connectivity index (χ3n) is 4.97. The Morgan fingerprint density at radius 3 is 2.65 bits per heavy atom.